The number of amides is 2. The van der Waals surface area contributed by atoms with E-state index in [1.54, 1.807) is 30.5 Å². The van der Waals surface area contributed by atoms with Crippen LogP contribution in [0.3, 0.4) is 0 Å². The fourth-order valence-electron chi connectivity index (χ4n) is 2.40. The molecule has 0 aliphatic carbocycles. The zero-order valence-electron chi connectivity index (χ0n) is 14.8. The van der Waals surface area contributed by atoms with Gasteiger partial charge in [-0.2, -0.15) is 18.3 Å². The second kappa shape index (κ2) is 8.05. The van der Waals surface area contributed by atoms with Crippen LogP contribution in [0.1, 0.15) is 16.1 Å². The van der Waals surface area contributed by atoms with Crippen LogP contribution >= 0.6 is 0 Å². The van der Waals surface area contributed by atoms with Crippen molar-refractivity contribution in [2.45, 2.75) is 6.18 Å². The second-order valence-electron chi connectivity index (χ2n) is 5.92. The smallest absolute Gasteiger partial charge is 0.416 e. The molecule has 0 saturated carbocycles. The number of carbonyl (C=O) groups excluding carboxylic acids is 2. The molecule has 0 aliphatic heterocycles. The van der Waals surface area contributed by atoms with E-state index in [1.807, 2.05) is 0 Å². The van der Waals surface area contributed by atoms with Crippen LogP contribution in [0, 0.1) is 0 Å². The molecule has 2 aromatic carbocycles. The van der Waals surface area contributed by atoms with Crippen molar-refractivity contribution < 1.29 is 27.5 Å². The predicted octanol–water partition coefficient (Wildman–Crippen LogP) is 3.01. The number of hydrogen-bond acceptors (Lipinski definition) is 4. The molecule has 1 aromatic heterocycles. The van der Waals surface area contributed by atoms with Gasteiger partial charge in [0.2, 0.25) is 0 Å². The molecular formula is C19H15F3N4O3. The fourth-order valence-corrected chi connectivity index (χ4v) is 2.40. The van der Waals surface area contributed by atoms with Crippen LogP contribution in [0.25, 0.3) is 5.69 Å². The monoisotopic (exact) mass is 404 g/mol. The van der Waals surface area contributed by atoms with E-state index in [2.05, 4.69) is 10.4 Å². The molecule has 29 heavy (non-hydrogen) atoms. The number of alkyl halides is 3. The van der Waals surface area contributed by atoms with Crippen LogP contribution in [0.15, 0.2) is 60.8 Å². The minimum Gasteiger partial charge on any atom is -0.484 e. The van der Waals surface area contributed by atoms with Crippen LogP contribution in [0.2, 0.25) is 0 Å². The van der Waals surface area contributed by atoms with Gasteiger partial charge in [0.15, 0.2) is 6.61 Å². The summed E-state index contributed by atoms with van der Waals surface area (Å²) in [4.78, 5) is 23.1. The summed E-state index contributed by atoms with van der Waals surface area (Å²) < 4.78 is 44.6. The number of benzene rings is 2. The first kappa shape index (κ1) is 19.9. The van der Waals surface area contributed by atoms with Crippen LogP contribution in [0.5, 0.6) is 5.75 Å². The Morgan fingerprint density at radius 1 is 1.10 bits per heavy atom. The number of primary amides is 1. The molecule has 0 bridgehead atoms. The van der Waals surface area contributed by atoms with Gasteiger partial charge in [-0.15, -0.1) is 0 Å². The first-order chi connectivity index (χ1) is 13.7. The predicted molar refractivity (Wildman–Crippen MR) is 97.7 cm³/mol. The number of nitrogens with two attached hydrogens (primary N) is 1. The lowest BCUT2D eigenvalue weighted by molar-refractivity contribution is -0.137. The van der Waals surface area contributed by atoms with Gasteiger partial charge in [-0.1, -0.05) is 6.07 Å². The van der Waals surface area contributed by atoms with E-state index in [0.29, 0.717) is 11.4 Å². The topological polar surface area (TPSA) is 99.2 Å². The third kappa shape index (κ3) is 5.12. The van der Waals surface area contributed by atoms with Crippen molar-refractivity contribution in [1.29, 1.82) is 0 Å². The van der Waals surface area contributed by atoms with E-state index in [4.69, 9.17) is 10.5 Å². The molecule has 0 fully saturated rings. The highest BCUT2D eigenvalue weighted by Gasteiger charge is 2.30. The molecule has 0 spiro atoms. The molecule has 10 heteroatoms. The summed E-state index contributed by atoms with van der Waals surface area (Å²) in [7, 11) is 0. The van der Waals surface area contributed by atoms with Crippen molar-refractivity contribution in [2.75, 3.05) is 11.9 Å². The van der Waals surface area contributed by atoms with Crippen LogP contribution in [0.4, 0.5) is 18.9 Å². The van der Waals surface area contributed by atoms with Gasteiger partial charge in [0.05, 0.1) is 11.3 Å². The summed E-state index contributed by atoms with van der Waals surface area (Å²) in [6.07, 6.45) is -2.92. The first-order valence-electron chi connectivity index (χ1n) is 8.28. The van der Waals surface area contributed by atoms with Gasteiger partial charge >= 0.3 is 6.18 Å². The van der Waals surface area contributed by atoms with Crippen LogP contribution < -0.4 is 15.8 Å². The normalized spacial score (nSPS) is 11.1. The molecule has 0 atom stereocenters. The van der Waals surface area contributed by atoms with Crippen molar-refractivity contribution in [3.63, 3.8) is 0 Å². The Morgan fingerprint density at radius 3 is 2.45 bits per heavy atom. The third-order valence-corrected chi connectivity index (χ3v) is 3.79. The summed E-state index contributed by atoms with van der Waals surface area (Å²) in [6, 6.07) is 12.3. The number of nitrogens with one attached hydrogen (secondary N) is 1. The van der Waals surface area contributed by atoms with Gasteiger partial charge in [-0.25, -0.2) is 4.68 Å². The number of carbonyl (C=O) groups is 2. The number of hydrogen-bond donors (Lipinski definition) is 2. The molecule has 3 aromatic rings. The van der Waals surface area contributed by atoms with Crippen molar-refractivity contribution in [3.05, 3.63) is 72.1 Å². The first-order valence-corrected chi connectivity index (χ1v) is 8.28. The maximum atomic E-state index is 12.7. The Morgan fingerprint density at radius 2 is 1.83 bits per heavy atom. The van der Waals surface area contributed by atoms with Gasteiger partial charge in [0.1, 0.15) is 11.4 Å². The fraction of sp³-hybridized carbons (Fsp3) is 0.105. The quantitative estimate of drug-likeness (QED) is 0.660. The van der Waals surface area contributed by atoms with Gasteiger partial charge in [0.25, 0.3) is 11.8 Å². The maximum Gasteiger partial charge on any atom is 0.416 e. The number of rotatable bonds is 6. The minimum absolute atomic E-state index is 0.0609. The van der Waals surface area contributed by atoms with E-state index in [0.717, 1.165) is 12.1 Å². The molecule has 150 valence electrons. The summed E-state index contributed by atoms with van der Waals surface area (Å²) in [5.74, 6) is -1.24. The Hall–Kier alpha value is -3.82. The summed E-state index contributed by atoms with van der Waals surface area (Å²) in [6.45, 7) is -0.454. The number of nitrogens with zero attached hydrogens (tertiary/aromatic N) is 2. The van der Waals surface area contributed by atoms with Crippen LogP contribution in [-0.4, -0.2) is 28.2 Å². The average Bonchev–Trinajstić information content (AvgIpc) is 3.17. The number of ether oxygens (including phenoxy) is 1. The highest BCUT2D eigenvalue weighted by Crippen LogP contribution is 2.31. The molecule has 0 radical (unpaired) electrons. The molecule has 3 rings (SSSR count). The summed E-state index contributed by atoms with van der Waals surface area (Å²) >= 11 is 0. The van der Waals surface area contributed by atoms with E-state index in [9.17, 15) is 22.8 Å². The molecule has 0 unspecified atom stereocenters. The molecule has 3 N–H and O–H groups in total. The van der Waals surface area contributed by atoms with Gasteiger partial charge in [0, 0.05) is 11.9 Å². The van der Waals surface area contributed by atoms with E-state index in [-0.39, 0.29) is 11.4 Å². The van der Waals surface area contributed by atoms with Crippen molar-refractivity contribution in [1.82, 2.24) is 9.78 Å². The van der Waals surface area contributed by atoms with Gasteiger partial charge < -0.3 is 15.8 Å². The molecular weight excluding hydrogens is 389 g/mol. The Balaban J connectivity index is 1.57. The van der Waals surface area contributed by atoms with Crippen molar-refractivity contribution in [3.8, 4) is 11.4 Å². The molecule has 0 saturated heterocycles. The SMILES string of the molecule is NC(=O)c1ccn(-c2ccc(NC(=O)COc3cccc(C(F)(F)F)c3)cc2)n1. The second-order valence-corrected chi connectivity index (χ2v) is 5.92. The van der Waals surface area contributed by atoms with Gasteiger partial charge in [-0.3, -0.25) is 9.59 Å². The lowest BCUT2D eigenvalue weighted by Gasteiger charge is -2.11. The Labute approximate surface area is 162 Å². The third-order valence-electron chi connectivity index (χ3n) is 3.79. The number of halogens is 3. The van der Waals surface area contributed by atoms with Crippen LogP contribution in [-0.2, 0) is 11.0 Å². The molecule has 7 nitrogen and oxygen atoms in total. The summed E-state index contributed by atoms with van der Waals surface area (Å²) in [5.41, 5.74) is 5.50. The standard InChI is InChI=1S/C19H15F3N4O3/c20-19(21,22)12-2-1-3-15(10-12)29-11-17(27)24-13-4-6-14(7-5-13)26-9-8-16(25-26)18(23)28/h1-10H,11H2,(H2,23,28)(H,24,27). The highest BCUT2D eigenvalue weighted by atomic mass is 19.4. The Kier molecular flexibility index (Phi) is 5.53. The number of aromatic nitrogens is 2. The lowest BCUT2D eigenvalue weighted by Crippen LogP contribution is -2.20. The van der Waals surface area contributed by atoms with Gasteiger partial charge in [-0.05, 0) is 48.5 Å². The molecule has 0 aliphatic rings. The summed E-state index contributed by atoms with van der Waals surface area (Å²) in [5, 5.41) is 6.58. The number of anilines is 1. The highest BCUT2D eigenvalue weighted by molar-refractivity contribution is 5.92. The minimum atomic E-state index is -4.49. The van der Waals surface area contributed by atoms with Crippen molar-refractivity contribution in [2.24, 2.45) is 5.73 Å². The van der Waals surface area contributed by atoms with E-state index in [1.165, 1.54) is 22.9 Å². The molecule has 2 amide bonds. The van der Waals surface area contributed by atoms with E-state index >= 15 is 0 Å². The average molecular weight is 404 g/mol. The lowest BCUT2D eigenvalue weighted by atomic mass is 10.2. The largest absolute Gasteiger partial charge is 0.484 e. The van der Waals surface area contributed by atoms with E-state index < -0.39 is 30.2 Å². The Bertz CT molecular complexity index is 1030. The maximum absolute atomic E-state index is 12.7. The zero-order valence-corrected chi connectivity index (χ0v) is 14.8. The molecule has 1 heterocycles. The zero-order chi connectivity index (χ0) is 21.0. The van der Waals surface area contributed by atoms with Crippen molar-refractivity contribution >= 4 is 17.5 Å².